The van der Waals surface area contributed by atoms with E-state index in [0.29, 0.717) is 0 Å². The van der Waals surface area contributed by atoms with E-state index in [9.17, 15) is 0 Å². The van der Waals surface area contributed by atoms with Crippen molar-refractivity contribution in [2.24, 2.45) is 5.92 Å². The maximum absolute atomic E-state index is 3.92. The summed E-state index contributed by atoms with van der Waals surface area (Å²) in [7, 11) is 0. The molecule has 1 aliphatic rings. The van der Waals surface area contributed by atoms with Gasteiger partial charge in [-0.25, -0.2) is 0 Å². The molecule has 1 atom stereocenters. The fourth-order valence-corrected chi connectivity index (χ4v) is 1.46. The van der Waals surface area contributed by atoms with Gasteiger partial charge in [-0.15, -0.1) is 17.5 Å². The van der Waals surface area contributed by atoms with Crippen LogP contribution in [0.25, 0.3) is 0 Å². The molecule has 0 aromatic carbocycles. The number of rotatable bonds is 2. The van der Waals surface area contributed by atoms with Crippen LogP contribution in [-0.4, -0.2) is 28.1 Å². The smallest absolute Gasteiger partial charge is 0.0692 e. The van der Waals surface area contributed by atoms with E-state index in [1.807, 2.05) is 10.9 Å². The fraction of sp³-hybridized carbons (Fsp3) is 0.714. The van der Waals surface area contributed by atoms with Gasteiger partial charge in [0.2, 0.25) is 0 Å². The Balaban J connectivity index is 0.000000720. The largest absolute Gasteiger partial charge is 0.316 e. The van der Waals surface area contributed by atoms with Crippen LogP contribution in [0.3, 0.4) is 0 Å². The van der Waals surface area contributed by atoms with Crippen LogP contribution in [-0.2, 0) is 6.54 Å². The Morgan fingerprint density at radius 1 is 1.58 bits per heavy atom. The van der Waals surface area contributed by atoms with Crippen LogP contribution in [0.15, 0.2) is 12.4 Å². The highest BCUT2D eigenvalue weighted by molar-refractivity contribution is 5.85. The van der Waals surface area contributed by atoms with Crippen molar-refractivity contribution >= 4 is 12.4 Å². The predicted octanol–water partition coefficient (Wildman–Crippen LogP) is 0.309. The van der Waals surface area contributed by atoms with Gasteiger partial charge in [0.15, 0.2) is 0 Å². The molecule has 1 aromatic rings. The summed E-state index contributed by atoms with van der Waals surface area (Å²) in [5, 5.41) is 11.0. The molecule has 0 amide bonds. The van der Waals surface area contributed by atoms with Crippen LogP contribution in [0, 0.1) is 5.92 Å². The summed E-state index contributed by atoms with van der Waals surface area (Å²) in [5.74, 6) is 0.747. The van der Waals surface area contributed by atoms with Crippen LogP contribution in [0.5, 0.6) is 0 Å². The van der Waals surface area contributed by atoms with Gasteiger partial charge in [-0.1, -0.05) is 5.21 Å². The van der Waals surface area contributed by atoms with Gasteiger partial charge in [0, 0.05) is 12.7 Å². The van der Waals surface area contributed by atoms with E-state index in [1.165, 1.54) is 6.42 Å². The molecule has 1 saturated heterocycles. The van der Waals surface area contributed by atoms with Crippen molar-refractivity contribution < 1.29 is 0 Å². The minimum absolute atomic E-state index is 0. The van der Waals surface area contributed by atoms with E-state index < -0.39 is 0 Å². The minimum atomic E-state index is 0. The average Bonchev–Trinajstić information content (AvgIpc) is 2.60. The molecule has 1 aromatic heterocycles. The average molecular weight is 189 g/mol. The molecule has 0 bridgehead atoms. The highest BCUT2D eigenvalue weighted by Crippen LogP contribution is 2.08. The number of hydrogen-bond donors (Lipinski definition) is 1. The topological polar surface area (TPSA) is 42.7 Å². The van der Waals surface area contributed by atoms with E-state index in [4.69, 9.17) is 0 Å². The van der Waals surface area contributed by atoms with Crippen molar-refractivity contribution in [2.45, 2.75) is 13.0 Å². The number of hydrogen-bond acceptors (Lipinski definition) is 3. The van der Waals surface area contributed by atoms with Gasteiger partial charge in [-0.3, -0.25) is 4.68 Å². The van der Waals surface area contributed by atoms with Crippen LogP contribution < -0.4 is 5.32 Å². The van der Waals surface area contributed by atoms with Gasteiger partial charge in [0.05, 0.1) is 6.20 Å². The first-order valence-electron chi connectivity index (χ1n) is 4.00. The Morgan fingerprint density at radius 3 is 3.08 bits per heavy atom. The molecule has 0 spiro atoms. The highest BCUT2D eigenvalue weighted by atomic mass is 35.5. The van der Waals surface area contributed by atoms with E-state index in [1.54, 1.807) is 6.20 Å². The molecule has 1 fully saturated rings. The van der Waals surface area contributed by atoms with Gasteiger partial charge >= 0.3 is 0 Å². The van der Waals surface area contributed by atoms with Crippen LogP contribution in [0.2, 0.25) is 0 Å². The molecular weight excluding hydrogens is 176 g/mol. The van der Waals surface area contributed by atoms with Gasteiger partial charge in [-0.2, -0.15) is 0 Å². The molecule has 1 aliphatic heterocycles. The van der Waals surface area contributed by atoms with Gasteiger partial charge < -0.3 is 5.32 Å². The third kappa shape index (κ3) is 2.19. The van der Waals surface area contributed by atoms with Gasteiger partial charge in [0.25, 0.3) is 0 Å². The van der Waals surface area contributed by atoms with E-state index in [0.717, 1.165) is 25.6 Å². The predicted molar refractivity (Wildman–Crippen MR) is 48.2 cm³/mol. The Kier molecular flexibility index (Phi) is 3.49. The normalized spacial score (nSPS) is 22.2. The van der Waals surface area contributed by atoms with Gasteiger partial charge in [0.1, 0.15) is 0 Å². The summed E-state index contributed by atoms with van der Waals surface area (Å²) in [4.78, 5) is 0. The van der Waals surface area contributed by atoms with Crippen molar-refractivity contribution in [1.82, 2.24) is 20.3 Å². The summed E-state index contributed by atoms with van der Waals surface area (Å²) in [6.07, 6.45) is 4.90. The summed E-state index contributed by atoms with van der Waals surface area (Å²) < 4.78 is 1.90. The minimum Gasteiger partial charge on any atom is -0.316 e. The molecule has 0 aliphatic carbocycles. The van der Waals surface area contributed by atoms with Crippen LogP contribution in [0.4, 0.5) is 0 Å². The molecule has 0 saturated carbocycles. The Morgan fingerprint density at radius 2 is 2.50 bits per heavy atom. The summed E-state index contributed by atoms with van der Waals surface area (Å²) >= 11 is 0. The summed E-state index contributed by atoms with van der Waals surface area (Å²) in [6, 6.07) is 0. The second-order valence-electron chi connectivity index (χ2n) is 2.98. The Hall–Kier alpha value is -0.610. The number of aromatic nitrogens is 3. The lowest BCUT2D eigenvalue weighted by Crippen LogP contribution is -2.14. The fourth-order valence-electron chi connectivity index (χ4n) is 1.46. The number of nitrogens with zero attached hydrogens (tertiary/aromatic N) is 3. The maximum Gasteiger partial charge on any atom is 0.0692 e. The van der Waals surface area contributed by atoms with Crippen LogP contribution >= 0.6 is 12.4 Å². The van der Waals surface area contributed by atoms with Gasteiger partial charge in [-0.05, 0) is 25.4 Å². The zero-order chi connectivity index (χ0) is 7.52. The molecule has 12 heavy (non-hydrogen) atoms. The zero-order valence-electron chi connectivity index (χ0n) is 6.81. The molecule has 5 heteroatoms. The quantitative estimate of drug-likeness (QED) is 0.727. The third-order valence-corrected chi connectivity index (χ3v) is 2.08. The Labute approximate surface area is 77.7 Å². The molecule has 0 radical (unpaired) electrons. The lowest BCUT2D eigenvalue weighted by Gasteiger charge is -2.05. The van der Waals surface area contributed by atoms with Crippen molar-refractivity contribution in [1.29, 1.82) is 0 Å². The van der Waals surface area contributed by atoms with Crippen LogP contribution in [0.1, 0.15) is 6.42 Å². The maximum atomic E-state index is 3.92. The second kappa shape index (κ2) is 4.42. The summed E-state index contributed by atoms with van der Waals surface area (Å²) in [5.41, 5.74) is 0. The number of nitrogens with one attached hydrogen (secondary N) is 1. The second-order valence-corrected chi connectivity index (χ2v) is 2.98. The molecule has 1 unspecified atom stereocenters. The van der Waals surface area contributed by atoms with Crippen molar-refractivity contribution in [2.75, 3.05) is 13.1 Å². The standard InChI is InChI=1S/C7H12N4.ClH/c1-2-8-5-7(1)6-11-4-3-9-10-11;/h3-4,7-8H,1-2,5-6H2;1H. The molecule has 68 valence electrons. The zero-order valence-corrected chi connectivity index (χ0v) is 7.63. The number of halogens is 1. The highest BCUT2D eigenvalue weighted by Gasteiger charge is 2.14. The van der Waals surface area contributed by atoms with E-state index >= 15 is 0 Å². The van der Waals surface area contributed by atoms with E-state index in [-0.39, 0.29) is 12.4 Å². The van der Waals surface area contributed by atoms with Crippen molar-refractivity contribution in [3.8, 4) is 0 Å². The Bertz CT molecular complexity index is 205. The molecule has 1 N–H and O–H groups in total. The molecular formula is C7H13ClN4. The van der Waals surface area contributed by atoms with E-state index in [2.05, 4.69) is 15.6 Å². The molecule has 2 heterocycles. The van der Waals surface area contributed by atoms with Crippen molar-refractivity contribution in [3.05, 3.63) is 12.4 Å². The SMILES string of the molecule is Cl.c1cn(CC2CCNC2)nn1. The molecule has 2 rings (SSSR count). The first-order chi connectivity index (χ1) is 5.45. The summed E-state index contributed by atoms with van der Waals surface area (Å²) in [6.45, 7) is 3.28. The third-order valence-electron chi connectivity index (χ3n) is 2.08. The lowest BCUT2D eigenvalue weighted by atomic mass is 10.1. The molecule has 4 nitrogen and oxygen atoms in total. The monoisotopic (exact) mass is 188 g/mol. The lowest BCUT2D eigenvalue weighted by molar-refractivity contribution is 0.441. The van der Waals surface area contributed by atoms with Crippen molar-refractivity contribution in [3.63, 3.8) is 0 Å². The first-order valence-corrected chi connectivity index (χ1v) is 4.00. The first kappa shape index (κ1) is 9.48.